The number of ether oxygens (including phenoxy) is 1. The molecule has 0 unspecified atom stereocenters. The quantitative estimate of drug-likeness (QED) is 0.363. The van der Waals surface area contributed by atoms with Crippen molar-refractivity contribution in [3.63, 3.8) is 0 Å². The number of methoxy groups -OCH3 is 1. The Morgan fingerprint density at radius 1 is 0.909 bits per heavy atom. The highest BCUT2D eigenvalue weighted by Crippen LogP contribution is 2.32. The van der Waals surface area contributed by atoms with Crippen molar-refractivity contribution in [2.75, 3.05) is 7.11 Å². The second kappa shape index (κ2) is 7.70. The van der Waals surface area contributed by atoms with Crippen LogP contribution in [-0.4, -0.2) is 26.6 Å². The number of fused-ring (bicyclic) bond motifs is 3. The van der Waals surface area contributed by atoms with Crippen molar-refractivity contribution in [2.24, 2.45) is 0 Å². The molecular formula is C24H15F3N4O2. The Morgan fingerprint density at radius 3 is 2.42 bits per heavy atom. The largest absolute Gasteiger partial charge is 0.494 e. The lowest BCUT2D eigenvalue weighted by molar-refractivity contribution is -0.137. The molecule has 0 bridgehead atoms. The molecule has 3 aromatic heterocycles. The van der Waals surface area contributed by atoms with E-state index in [1.54, 1.807) is 30.5 Å². The van der Waals surface area contributed by atoms with Gasteiger partial charge in [-0.2, -0.15) is 13.2 Å². The molecular weight excluding hydrogens is 433 g/mol. The van der Waals surface area contributed by atoms with Crippen LogP contribution in [0.25, 0.3) is 38.9 Å². The number of hydrogen-bond donors (Lipinski definition) is 0. The number of aromatic nitrogens is 4. The number of rotatable bonds is 3. The summed E-state index contributed by atoms with van der Waals surface area (Å²) in [7, 11) is 1.51. The molecule has 5 aromatic rings. The highest BCUT2D eigenvalue weighted by molar-refractivity contribution is 6.05. The molecule has 9 heteroatoms. The first-order valence-corrected chi connectivity index (χ1v) is 9.84. The van der Waals surface area contributed by atoms with Crippen LogP contribution >= 0.6 is 0 Å². The zero-order valence-corrected chi connectivity index (χ0v) is 17.2. The van der Waals surface area contributed by atoms with Crippen LogP contribution in [0.5, 0.6) is 5.75 Å². The normalized spacial score (nSPS) is 11.8. The summed E-state index contributed by atoms with van der Waals surface area (Å²) in [6, 6.07) is 12.9. The van der Waals surface area contributed by atoms with Crippen molar-refractivity contribution in [3.8, 4) is 22.8 Å². The Kier molecular flexibility index (Phi) is 4.81. The molecule has 5 rings (SSSR count). The number of hydrogen-bond acceptors (Lipinski definition) is 5. The van der Waals surface area contributed by atoms with Gasteiger partial charge in [0.25, 0.3) is 5.56 Å². The van der Waals surface area contributed by atoms with Gasteiger partial charge in [0.2, 0.25) is 0 Å². The zero-order valence-electron chi connectivity index (χ0n) is 17.2. The Morgan fingerprint density at radius 2 is 1.70 bits per heavy atom. The number of alkyl halides is 3. The monoisotopic (exact) mass is 448 g/mol. The van der Waals surface area contributed by atoms with Crippen molar-refractivity contribution in [1.82, 2.24) is 19.5 Å². The van der Waals surface area contributed by atoms with Crippen LogP contribution < -0.4 is 10.3 Å². The van der Waals surface area contributed by atoms with Crippen molar-refractivity contribution in [2.45, 2.75) is 6.18 Å². The lowest BCUT2D eigenvalue weighted by atomic mass is 10.1. The topological polar surface area (TPSA) is 69.9 Å². The van der Waals surface area contributed by atoms with E-state index < -0.39 is 17.3 Å². The molecule has 0 fully saturated rings. The molecule has 0 amide bonds. The molecule has 0 spiro atoms. The molecule has 0 saturated heterocycles. The Hall–Kier alpha value is -4.27. The predicted molar refractivity (Wildman–Crippen MR) is 117 cm³/mol. The maximum Gasteiger partial charge on any atom is 0.416 e. The summed E-state index contributed by atoms with van der Waals surface area (Å²) in [5, 5.41) is 1.19. The molecule has 3 heterocycles. The lowest BCUT2D eigenvalue weighted by Crippen LogP contribution is -2.18. The van der Waals surface area contributed by atoms with Gasteiger partial charge in [0.15, 0.2) is 11.6 Å². The molecule has 0 N–H and O–H groups in total. The second-order valence-corrected chi connectivity index (χ2v) is 7.30. The number of pyridine rings is 2. The van der Waals surface area contributed by atoms with E-state index >= 15 is 0 Å². The molecule has 0 aliphatic rings. The van der Waals surface area contributed by atoms with Crippen LogP contribution in [0.3, 0.4) is 0 Å². The first kappa shape index (κ1) is 20.6. The maximum absolute atomic E-state index is 13.3. The van der Waals surface area contributed by atoms with Crippen LogP contribution in [0, 0.1) is 0 Å². The minimum Gasteiger partial charge on any atom is -0.494 e. The minimum atomic E-state index is -4.54. The Balaban J connectivity index is 1.80. The van der Waals surface area contributed by atoms with Crippen LogP contribution in [-0.2, 0) is 6.18 Å². The van der Waals surface area contributed by atoms with Gasteiger partial charge in [0.1, 0.15) is 0 Å². The smallest absolute Gasteiger partial charge is 0.416 e. The summed E-state index contributed by atoms with van der Waals surface area (Å²) < 4.78 is 46.3. The zero-order chi connectivity index (χ0) is 23.2. The number of nitrogens with zero attached hydrogens (tertiary/aromatic N) is 4. The lowest BCUT2D eigenvalue weighted by Gasteiger charge is -2.15. The van der Waals surface area contributed by atoms with Gasteiger partial charge >= 0.3 is 6.18 Å². The standard InChI is InChI=1S/C24H15F3N4O2/c1-33-18-12-29-23(30-13-18)14-5-7-20-19(9-14)22-15(11-28-20)6-8-21(32)31(22)17-4-2-3-16(10-17)24(25,26)27/h2-13H,1H3. The van der Waals surface area contributed by atoms with E-state index in [9.17, 15) is 18.0 Å². The molecule has 2 aromatic carbocycles. The Bertz CT molecular complexity index is 1560. The van der Waals surface area contributed by atoms with E-state index in [0.717, 1.165) is 12.1 Å². The van der Waals surface area contributed by atoms with E-state index in [2.05, 4.69) is 15.0 Å². The third-order valence-corrected chi connectivity index (χ3v) is 5.27. The maximum atomic E-state index is 13.3. The average molecular weight is 448 g/mol. The molecule has 0 aliphatic carbocycles. The van der Waals surface area contributed by atoms with Gasteiger partial charge < -0.3 is 4.74 Å². The second-order valence-electron chi connectivity index (χ2n) is 7.30. The molecule has 0 aliphatic heterocycles. The fourth-order valence-corrected chi connectivity index (χ4v) is 3.70. The summed E-state index contributed by atoms with van der Waals surface area (Å²) in [5.74, 6) is 0.934. The van der Waals surface area contributed by atoms with Gasteiger partial charge in [0, 0.05) is 34.3 Å². The van der Waals surface area contributed by atoms with Gasteiger partial charge in [-0.05, 0) is 42.5 Å². The molecule has 33 heavy (non-hydrogen) atoms. The van der Waals surface area contributed by atoms with E-state index in [0.29, 0.717) is 38.9 Å². The van der Waals surface area contributed by atoms with Crippen molar-refractivity contribution >= 4 is 21.8 Å². The van der Waals surface area contributed by atoms with Gasteiger partial charge in [-0.3, -0.25) is 14.3 Å². The van der Waals surface area contributed by atoms with Crippen molar-refractivity contribution in [3.05, 3.63) is 89.1 Å². The third kappa shape index (κ3) is 3.67. The number of benzene rings is 2. The third-order valence-electron chi connectivity index (χ3n) is 5.27. The van der Waals surface area contributed by atoms with Crippen molar-refractivity contribution in [1.29, 1.82) is 0 Å². The summed E-state index contributed by atoms with van der Waals surface area (Å²) in [4.78, 5) is 25.9. The van der Waals surface area contributed by atoms with Gasteiger partial charge in [-0.15, -0.1) is 0 Å². The molecule has 164 valence electrons. The highest BCUT2D eigenvalue weighted by Gasteiger charge is 2.30. The fourth-order valence-electron chi connectivity index (χ4n) is 3.70. The average Bonchev–Trinajstić information content (AvgIpc) is 2.83. The van der Waals surface area contributed by atoms with Crippen LogP contribution in [0.4, 0.5) is 13.2 Å². The number of halogens is 3. The summed E-state index contributed by atoms with van der Waals surface area (Å²) in [6.45, 7) is 0. The van der Waals surface area contributed by atoms with Crippen LogP contribution in [0.2, 0.25) is 0 Å². The van der Waals surface area contributed by atoms with Crippen LogP contribution in [0.15, 0.2) is 78.0 Å². The Labute approximate surface area is 184 Å². The SMILES string of the molecule is COc1cnc(-c2ccc3ncc4ccc(=O)n(-c5cccc(C(F)(F)F)c5)c4c3c2)nc1. The predicted octanol–water partition coefficient (Wildman–Crippen LogP) is 5.02. The van der Waals surface area contributed by atoms with Gasteiger partial charge in [-0.1, -0.05) is 6.07 Å². The first-order chi connectivity index (χ1) is 15.8. The minimum absolute atomic E-state index is 0.110. The summed E-state index contributed by atoms with van der Waals surface area (Å²) in [5.41, 5.74) is 0.494. The van der Waals surface area contributed by atoms with E-state index in [1.165, 1.54) is 42.3 Å². The van der Waals surface area contributed by atoms with E-state index in [-0.39, 0.29) is 5.69 Å². The first-order valence-electron chi connectivity index (χ1n) is 9.84. The fraction of sp³-hybridized carbons (Fsp3) is 0.0833. The summed E-state index contributed by atoms with van der Waals surface area (Å²) in [6.07, 6.45) is 0.121. The molecule has 0 atom stereocenters. The van der Waals surface area contributed by atoms with Crippen LogP contribution in [0.1, 0.15) is 5.56 Å². The molecule has 0 radical (unpaired) electrons. The van der Waals surface area contributed by atoms with Gasteiger partial charge in [-0.25, -0.2) is 9.97 Å². The van der Waals surface area contributed by atoms with Gasteiger partial charge in [0.05, 0.1) is 36.1 Å². The molecule has 0 saturated carbocycles. The van der Waals surface area contributed by atoms with E-state index in [1.807, 2.05) is 0 Å². The van der Waals surface area contributed by atoms with E-state index in [4.69, 9.17) is 4.74 Å². The van der Waals surface area contributed by atoms with Crippen molar-refractivity contribution < 1.29 is 17.9 Å². The summed E-state index contributed by atoms with van der Waals surface area (Å²) >= 11 is 0. The molecule has 6 nitrogen and oxygen atoms in total. The highest BCUT2D eigenvalue weighted by atomic mass is 19.4.